The molecule has 1 aliphatic rings. The van der Waals surface area contributed by atoms with Crippen molar-refractivity contribution in [3.8, 4) is 22.8 Å². The van der Waals surface area contributed by atoms with Gasteiger partial charge in [0.15, 0.2) is 5.65 Å². The molecule has 1 aliphatic heterocycles. The fourth-order valence-electron chi connectivity index (χ4n) is 4.95. The van der Waals surface area contributed by atoms with Crippen molar-refractivity contribution in [3.63, 3.8) is 0 Å². The molecule has 2 aromatic carbocycles. The zero-order valence-corrected chi connectivity index (χ0v) is 23.5. The van der Waals surface area contributed by atoms with Crippen LogP contribution in [0, 0.1) is 0 Å². The highest BCUT2D eigenvalue weighted by molar-refractivity contribution is 5.99. The number of methoxy groups -OCH3 is 1. The molecule has 2 N–H and O–H groups in total. The fraction of sp³-hybridized carbons (Fsp3) is 0.194. The Morgan fingerprint density at radius 3 is 2.62 bits per heavy atom. The Hall–Kier alpha value is -5.29. The van der Waals surface area contributed by atoms with Crippen molar-refractivity contribution >= 4 is 40.1 Å². The Bertz CT molecular complexity index is 1740. The summed E-state index contributed by atoms with van der Waals surface area (Å²) in [6, 6.07) is 17.4. The number of carbonyl (C=O) groups excluding carboxylic acids is 1. The normalized spacial score (nSPS) is 13.6. The molecule has 0 spiro atoms. The Morgan fingerprint density at radius 2 is 1.86 bits per heavy atom. The van der Waals surface area contributed by atoms with Gasteiger partial charge in [-0.2, -0.15) is 4.98 Å². The van der Waals surface area contributed by atoms with Crippen LogP contribution in [0.4, 0.5) is 23.0 Å². The summed E-state index contributed by atoms with van der Waals surface area (Å²) in [5, 5.41) is 6.15. The lowest BCUT2D eigenvalue weighted by molar-refractivity contribution is -0.111. The van der Waals surface area contributed by atoms with Gasteiger partial charge < -0.3 is 25.2 Å². The van der Waals surface area contributed by atoms with Gasteiger partial charge in [0.25, 0.3) is 0 Å². The van der Waals surface area contributed by atoms with E-state index in [0.717, 1.165) is 48.8 Å². The lowest BCUT2D eigenvalue weighted by Gasteiger charge is -2.34. The molecule has 1 saturated heterocycles. The van der Waals surface area contributed by atoms with Gasteiger partial charge in [0.2, 0.25) is 11.9 Å². The number of anilines is 4. The number of likely N-dealkylation sites (N-methyl/N-ethyl adjacent to an activating group) is 1. The van der Waals surface area contributed by atoms with Crippen molar-refractivity contribution in [2.24, 2.45) is 0 Å². The molecule has 1 fully saturated rings. The van der Waals surface area contributed by atoms with Crippen LogP contribution in [0.5, 0.6) is 5.75 Å². The number of pyridine rings is 1. The number of hydrogen-bond acceptors (Lipinski definition) is 9. The van der Waals surface area contributed by atoms with Gasteiger partial charge in [0.1, 0.15) is 17.1 Å². The van der Waals surface area contributed by atoms with Gasteiger partial charge in [-0.25, -0.2) is 9.97 Å². The number of rotatable bonds is 8. The van der Waals surface area contributed by atoms with Gasteiger partial charge >= 0.3 is 0 Å². The van der Waals surface area contributed by atoms with Crippen molar-refractivity contribution in [1.82, 2.24) is 29.4 Å². The molecule has 4 heterocycles. The second-order valence-corrected chi connectivity index (χ2v) is 9.96. The average molecular weight is 562 g/mol. The minimum Gasteiger partial charge on any atom is -0.494 e. The first-order chi connectivity index (χ1) is 20.5. The number of nitrogens with zero attached hydrogens (tertiary/aromatic N) is 7. The third-order valence-electron chi connectivity index (χ3n) is 7.18. The number of amides is 1. The first-order valence-corrected chi connectivity index (χ1v) is 13.6. The van der Waals surface area contributed by atoms with Crippen LogP contribution in [0.1, 0.15) is 0 Å². The quantitative estimate of drug-likeness (QED) is 0.264. The van der Waals surface area contributed by atoms with Crippen molar-refractivity contribution < 1.29 is 9.53 Å². The molecule has 0 bridgehead atoms. The van der Waals surface area contributed by atoms with Crippen LogP contribution in [0.25, 0.3) is 28.2 Å². The van der Waals surface area contributed by atoms with E-state index >= 15 is 0 Å². The maximum absolute atomic E-state index is 12.0. The first kappa shape index (κ1) is 26.9. The van der Waals surface area contributed by atoms with Gasteiger partial charge in [-0.15, -0.1) is 0 Å². The van der Waals surface area contributed by atoms with Gasteiger partial charge in [0, 0.05) is 61.6 Å². The fourth-order valence-corrected chi connectivity index (χ4v) is 4.95. The molecule has 42 heavy (non-hydrogen) atoms. The third kappa shape index (κ3) is 5.50. The number of nitrogens with one attached hydrogen (secondary N) is 2. The number of hydrogen-bond donors (Lipinski definition) is 2. The van der Waals surface area contributed by atoms with Crippen LogP contribution >= 0.6 is 0 Å². The van der Waals surface area contributed by atoms with E-state index in [1.54, 1.807) is 25.7 Å². The Kier molecular flexibility index (Phi) is 7.48. The number of benzene rings is 2. The average Bonchev–Trinajstić information content (AvgIpc) is 3.41. The third-order valence-corrected chi connectivity index (χ3v) is 7.18. The maximum atomic E-state index is 12.0. The lowest BCUT2D eigenvalue weighted by atomic mass is 10.2. The van der Waals surface area contributed by atoms with E-state index in [1.165, 1.54) is 6.08 Å². The molecule has 11 heteroatoms. The van der Waals surface area contributed by atoms with E-state index in [4.69, 9.17) is 14.7 Å². The largest absolute Gasteiger partial charge is 0.494 e. The zero-order chi connectivity index (χ0) is 29.1. The standard InChI is InChI=1S/C31H31N9O2/c1-4-28(41)34-22-8-5-9-24(17-22)40-29(21-7-6-12-32-19-21)35-26-20-33-31(37-30(26)40)36-25-11-10-23(18-27(25)42-3)39-15-13-38(2)14-16-39/h4-12,17-20H,1,13-16H2,2-3H3,(H,34,41)(H,33,36,37). The number of piperazine rings is 1. The van der Waals surface area contributed by atoms with Crippen molar-refractivity contribution in [3.05, 3.63) is 85.8 Å². The van der Waals surface area contributed by atoms with E-state index in [2.05, 4.69) is 50.1 Å². The lowest BCUT2D eigenvalue weighted by Crippen LogP contribution is -2.44. The summed E-state index contributed by atoms with van der Waals surface area (Å²) in [6.07, 6.45) is 6.39. The predicted molar refractivity (Wildman–Crippen MR) is 165 cm³/mol. The molecular formula is C31H31N9O2. The van der Waals surface area contributed by atoms with Gasteiger partial charge in [0.05, 0.1) is 24.7 Å². The highest BCUT2D eigenvalue weighted by atomic mass is 16.5. The number of aromatic nitrogens is 5. The Labute approximate surface area is 243 Å². The summed E-state index contributed by atoms with van der Waals surface area (Å²) >= 11 is 0. The van der Waals surface area contributed by atoms with Gasteiger partial charge in [-0.1, -0.05) is 12.6 Å². The Balaban J connectivity index is 1.39. The van der Waals surface area contributed by atoms with E-state index in [0.29, 0.717) is 34.4 Å². The van der Waals surface area contributed by atoms with E-state index in [9.17, 15) is 4.79 Å². The molecule has 1 amide bonds. The molecule has 0 saturated carbocycles. The summed E-state index contributed by atoms with van der Waals surface area (Å²) in [5.74, 6) is 1.44. The van der Waals surface area contributed by atoms with Crippen molar-refractivity contribution in [2.75, 3.05) is 55.9 Å². The SMILES string of the molecule is C=CC(=O)Nc1cccc(-n2c(-c3cccnc3)nc3cnc(Nc4ccc(N5CCN(C)CC5)cc4OC)nc32)c1. The number of fused-ring (bicyclic) bond motifs is 1. The first-order valence-electron chi connectivity index (χ1n) is 13.6. The highest BCUT2D eigenvalue weighted by Gasteiger charge is 2.19. The van der Waals surface area contributed by atoms with Crippen LogP contribution in [0.3, 0.4) is 0 Å². The van der Waals surface area contributed by atoms with Crippen LogP contribution in [-0.4, -0.2) is 75.6 Å². The summed E-state index contributed by atoms with van der Waals surface area (Å²) in [4.78, 5) is 35.2. The van der Waals surface area contributed by atoms with Crippen LogP contribution in [0.2, 0.25) is 0 Å². The molecule has 0 atom stereocenters. The van der Waals surface area contributed by atoms with Crippen LogP contribution in [0.15, 0.2) is 85.8 Å². The van der Waals surface area contributed by atoms with E-state index < -0.39 is 0 Å². The monoisotopic (exact) mass is 561 g/mol. The molecule has 0 unspecified atom stereocenters. The summed E-state index contributed by atoms with van der Waals surface area (Å²) in [6.45, 7) is 7.52. The van der Waals surface area contributed by atoms with E-state index in [-0.39, 0.29) is 5.91 Å². The minimum absolute atomic E-state index is 0.295. The van der Waals surface area contributed by atoms with E-state index in [1.807, 2.05) is 53.1 Å². The molecule has 0 radical (unpaired) electrons. The number of imidazole rings is 1. The van der Waals surface area contributed by atoms with Crippen LogP contribution in [-0.2, 0) is 4.79 Å². The molecular weight excluding hydrogens is 530 g/mol. The Morgan fingerprint density at radius 1 is 1.00 bits per heavy atom. The summed E-state index contributed by atoms with van der Waals surface area (Å²) in [7, 11) is 3.80. The molecule has 11 nitrogen and oxygen atoms in total. The second kappa shape index (κ2) is 11.7. The minimum atomic E-state index is -0.295. The highest BCUT2D eigenvalue weighted by Crippen LogP contribution is 2.33. The molecule has 212 valence electrons. The number of ether oxygens (including phenoxy) is 1. The molecule has 5 aromatic rings. The van der Waals surface area contributed by atoms with Crippen LogP contribution < -0.4 is 20.3 Å². The second-order valence-electron chi connectivity index (χ2n) is 9.96. The van der Waals surface area contributed by atoms with Gasteiger partial charge in [-0.3, -0.25) is 14.3 Å². The maximum Gasteiger partial charge on any atom is 0.247 e. The smallest absolute Gasteiger partial charge is 0.247 e. The molecule has 3 aromatic heterocycles. The molecule has 6 rings (SSSR count). The van der Waals surface area contributed by atoms with Crippen molar-refractivity contribution in [1.29, 1.82) is 0 Å². The summed E-state index contributed by atoms with van der Waals surface area (Å²) < 4.78 is 7.67. The predicted octanol–water partition coefficient (Wildman–Crippen LogP) is 4.51. The number of carbonyl (C=O) groups is 1. The zero-order valence-electron chi connectivity index (χ0n) is 23.5. The van der Waals surface area contributed by atoms with Crippen molar-refractivity contribution in [2.45, 2.75) is 0 Å². The summed E-state index contributed by atoms with van der Waals surface area (Å²) in [5.41, 5.74) is 5.26. The topological polar surface area (TPSA) is 113 Å². The van der Waals surface area contributed by atoms with Gasteiger partial charge in [-0.05, 0) is 55.6 Å². The molecule has 0 aliphatic carbocycles.